The molecule has 8 heteroatoms. The number of nitro benzene ring substituents is 1. The zero-order chi connectivity index (χ0) is 15.4. The van der Waals surface area contributed by atoms with Gasteiger partial charge in [-0.1, -0.05) is 0 Å². The first-order valence-corrected chi connectivity index (χ1v) is 6.33. The molecule has 1 aromatic rings. The number of nitrogens with zero attached hydrogens (tertiary/aromatic N) is 1. The fourth-order valence-corrected chi connectivity index (χ4v) is 2.03. The summed E-state index contributed by atoms with van der Waals surface area (Å²) in [5.41, 5.74) is -0.955. The third-order valence-corrected chi connectivity index (χ3v) is 3.10. The van der Waals surface area contributed by atoms with Gasteiger partial charge >= 0.3 is 11.7 Å². The normalized spacial score (nSPS) is 17.5. The summed E-state index contributed by atoms with van der Waals surface area (Å²) >= 11 is 0. The number of halogens is 1. The highest BCUT2D eigenvalue weighted by Gasteiger charge is 2.25. The van der Waals surface area contributed by atoms with Gasteiger partial charge in [0.25, 0.3) is 0 Å². The van der Waals surface area contributed by atoms with E-state index in [0.717, 1.165) is 26.0 Å². The maximum absolute atomic E-state index is 13.7. The summed E-state index contributed by atoms with van der Waals surface area (Å²) in [6.07, 6.45) is 1.53. The van der Waals surface area contributed by atoms with Crippen LogP contribution in [0, 0.1) is 15.9 Å². The largest absolute Gasteiger partial charge is 0.484 e. The summed E-state index contributed by atoms with van der Waals surface area (Å²) in [7, 11) is 1.09. The summed E-state index contributed by atoms with van der Waals surface area (Å²) in [5.74, 6) is -2.14. The van der Waals surface area contributed by atoms with E-state index in [0.29, 0.717) is 12.7 Å². The summed E-state index contributed by atoms with van der Waals surface area (Å²) in [6, 6.07) is 1.63. The van der Waals surface area contributed by atoms with Gasteiger partial charge in [-0.3, -0.25) is 10.1 Å². The van der Waals surface area contributed by atoms with Crippen LogP contribution in [-0.4, -0.2) is 37.3 Å². The summed E-state index contributed by atoms with van der Waals surface area (Å²) < 4.78 is 28.8. The highest BCUT2D eigenvalue weighted by Crippen LogP contribution is 2.31. The van der Waals surface area contributed by atoms with Gasteiger partial charge in [0.2, 0.25) is 0 Å². The first-order valence-electron chi connectivity index (χ1n) is 6.33. The second kappa shape index (κ2) is 6.49. The minimum atomic E-state index is -1.03. The molecule has 1 aliphatic rings. The van der Waals surface area contributed by atoms with Gasteiger partial charge in [0.1, 0.15) is 12.4 Å². The molecule has 1 heterocycles. The first-order chi connectivity index (χ1) is 10.0. The number of methoxy groups -OCH3 is 1. The van der Waals surface area contributed by atoms with Crippen molar-refractivity contribution in [3.8, 4) is 5.75 Å². The van der Waals surface area contributed by atoms with E-state index in [2.05, 4.69) is 4.74 Å². The van der Waals surface area contributed by atoms with E-state index < -0.39 is 28.0 Å². The second-order valence-corrected chi connectivity index (χ2v) is 4.49. The Morgan fingerprint density at radius 3 is 2.90 bits per heavy atom. The van der Waals surface area contributed by atoms with E-state index in [1.165, 1.54) is 0 Å². The molecule has 0 spiro atoms. The molecule has 0 saturated carbocycles. The highest BCUT2D eigenvalue weighted by atomic mass is 19.1. The Morgan fingerprint density at radius 1 is 1.57 bits per heavy atom. The Balaban J connectivity index is 2.26. The van der Waals surface area contributed by atoms with Crippen molar-refractivity contribution in [1.82, 2.24) is 0 Å². The molecule has 2 rings (SSSR count). The smallest absolute Gasteiger partial charge is 0.340 e. The maximum atomic E-state index is 13.7. The average Bonchev–Trinajstić information content (AvgIpc) is 2.98. The quantitative estimate of drug-likeness (QED) is 0.470. The minimum Gasteiger partial charge on any atom is -0.484 e. The molecule has 1 aromatic carbocycles. The van der Waals surface area contributed by atoms with E-state index >= 15 is 0 Å². The number of ether oxygens (including phenoxy) is 3. The molecule has 21 heavy (non-hydrogen) atoms. The average molecular weight is 299 g/mol. The summed E-state index contributed by atoms with van der Waals surface area (Å²) in [5, 5.41) is 10.9. The van der Waals surface area contributed by atoms with Gasteiger partial charge in [0.05, 0.1) is 29.8 Å². The predicted octanol–water partition coefficient (Wildman–Crippen LogP) is 2.08. The second-order valence-electron chi connectivity index (χ2n) is 4.49. The number of hydrogen-bond acceptors (Lipinski definition) is 6. The van der Waals surface area contributed by atoms with Gasteiger partial charge in [0.15, 0.2) is 5.75 Å². The predicted molar refractivity (Wildman–Crippen MR) is 68.9 cm³/mol. The Morgan fingerprint density at radius 2 is 2.33 bits per heavy atom. The molecule has 1 fully saturated rings. The molecule has 1 atom stereocenters. The molecule has 0 radical (unpaired) electrons. The van der Waals surface area contributed by atoms with Crippen LogP contribution < -0.4 is 4.74 Å². The van der Waals surface area contributed by atoms with Gasteiger partial charge in [-0.05, 0) is 12.8 Å². The van der Waals surface area contributed by atoms with E-state index in [1.54, 1.807) is 0 Å². The Bertz CT molecular complexity index is 556. The number of carbonyl (C=O) groups excluding carboxylic acids is 1. The third kappa shape index (κ3) is 3.46. The van der Waals surface area contributed by atoms with Crippen LogP contribution >= 0.6 is 0 Å². The molecule has 1 saturated heterocycles. The lowest BCUT2D eigenvalue weighted by Crippen LogP contribution is -2.17. The van der Waals surface area contributed by atoms with Crippen molar-refractivity contribution < 1.29 is 28.3 Å². The van der Waals surface area contributed by atoms with Gasteiger partial charge < -0.3 is 14.2 Å². The van der Waals surface area contributed by atoms with Crippen molar-refractivity contribution >= 4 is 11.7 Å². The summed E-state index contributed by atoms with van der Waals surface area (Å²) in [6.45, 7) is 0.722. The maximum Gasteiger partial charge on any atom is 0.340 e. The van der Waals surface area contributed by atoms with Crippen LogP contribution in [0.4, 0.5) is 10.1 Å². The van der Waals surface area contributed by atoms with Crippen LogP contribution in [0.3, 0.4) is 0 Å². The SMILES string of the molecule is COC(=O)c1cc(OCC2CCCO2)c([N+](=O)[O-])cc1F. The Kier molecular flexibility index (Phi) is 4.69. The number of hydrogen-bond donors (Lipinski definition) is 0. The zero-order valence-electron chi connectivity index (χ0n) is 11.3. The van der Waals surface area contributed by atoms with E-state index in [4.69, 9.17) is 9.47 Å². The van der Waals surface area contributed by atoms with Gasteiger partial charge in [-0.15, -0.1) is 0 Å². The lowest BCUT2D eigenvalue weighted by atomic mass is 10.1. The van der Waals surface area contributed by atoms with Crippen LogP contribution in [0.15, 0.2) is 12.1 Å². The van der Waals surface area contributed by atoms with Crippen molar-refractivity contribution in [3.63, 3.8) is 0 Å². The molecule has 1 unspecified atom stereocenters. The van der Waals surface area contributed by atoms with Crippen molar-refractivity contribution in [3.05, 3.63) is 33.6 Å². The van der Waals surface area contributed by atoms with Crippen molar-refractivity contribution in [1.29, 1.82) is 0 Å². The fourth-order valence-electron chi connectivity index (χ4n) is 2.03. The van der Waals surface area contributed by atoms with Crippen molar-refractivity contribution in [2.24, 2.45) is 0 Å². The monoisotopic (exact) mass is 299 g/mol. The van der Waals surface area contributed by atoms with Crippen molar-refractivity contribution in [2.45, 2.75) is 18.9 Å². The number of nitro groups is 1. The molecule has 0 amide bonds. The standard InChI is InChI=1S/C13H14FNO6/c1-19-13(16)9-5-12(11(15(17)18)6-10(9)14)21-7-8-3-2-4-20-8/h5-6,8H,2-4,7H2,1H3. The minimum absolute atomic E-state index is 0.104. The van der Waals surface area contributed by atoms with Gasteiger partial charge in [0, 0.05) is 12.7 Å². The zero-order valence-corrected chi connectivity index (χ0v) is 11.3. The Labute approximate surface area is 119 Å². The van der Waals surface area contributed by atoms with Gasteiger partial charge in [-0.25, -0.2) is 9.18 Å². The van der Waals surface area contributed by atoms with Crippen LogP contribution in [-0.2, 0) is 9.47 Å². The van der Waals surface area contributed by atoms with E-state index in [-0.39, 0.29) is 18.5 Å². The number of esters is 1. The van der Waals surface area contributed by atoms with Gasteiger partial charge in [-0.2, -0.15) is 0 Å². The van der Waals surface area contributed by atoms with Crippen LogP contribution in [0.5, 0.6) is 5.75 Å². The lowest BCUT2D eigenvalue weighted by molar-refractivity contribution is -0.386. The van der Waals surface area contributed by atoms with E-state index in [1.807, 2.05) is 0 Å². The molecule has 0 N–H and O–H groups in total. The molecule has 1 aliphatic heterocycles. The van der Waals surface area contributed by atoms with Crippen LogP contribution in [0.2, 0.25) is 0 Å². The molecule has 0 bridgehead atoms. The molecule has 114 valence electrons. The topological polar surface area (TPSA) is 87.9 Å². The number of carbonyl (C=O) groups is 1. The lowest BCUT2D eigenvalue weighted by Gasteiger charge is -2.12. The van der Waals surface area contributed by atoms with Crippen molar-refractivity contribution in [2.75, 3.05) is 20.3 Å². The molecular formula is C13H14FNO6. The van der Waals surface area contributed by atoms with Crippen LogP contribution in [0.25, 0.3) is 0 Å². The third-order valence-electron chi connectivity index (χ3n) is 3.10. The molecule has 0 aromatic heterocycles. The molecular weight excluding hydrogens is 285 g/mol. The summed E-state index contributed by atoms with van der Waals surface area (Å²) in [4.78, 5) is 21.6. The highest BCUT2D eigenvalue weighted by molar-refractivity contribution is 5.90. The Hall–Kier alpha value is -2.22. The number of benzene rings is 1. The van der Waals surface area contributed by atoms with Crippen LogP contribution in [0.1, 0.15) is 23.2 Å². The van der Waals surface area contributed by atoms with E-state index in [9.17, 15) is 19.3 Å². The fraction of sp³-hybridized carbons (Fsp3) is 0.462. The first kappa shape index (κ1) is 15.2. The molecule has 7 nitrogen and oxygen atoms in total. The molecule has 0 aliphatic carbocycles. The number of rotatable bonds is 5.